The molecule has 0 aromatic carbocycles. The maximum absolute atomic E-state index is 11.9. The number of nitrogens with one attached hydrogen (secondary N) is 1. The van der Waals surface area contributed by atoms with Gasteiger partial charge in [0.15, 0.2) is 11.5 Å². The van der Waals surface area contributed by atoms with E-state index < -0.39 is 17.3 Å². The highest BCUT2D eigenvalue weighted by Crippen LogP contribution is 2.21. The normalized spacial score (nSPS) is 11.3. The molecule has 0 atom stereocenters. The predicted molar refractivity (Wildman–Crippen MR) is 72.6 cm³/mol. The zero-order valence-electron chi connectivity index (χ0n) is 11.8. The van der Waals surface area contributed by atoms with Gasteiger partial charge in [0, 0.05) is 12.6 Å². The van der Waals surface area contributed by atoms with Crippen LogP contribution >= 0.6 is 0 Å². The second kappa shape index (κ2) is 5.82. The molecule has 7 heteroatoms. The Morgan fingerprint density at radius 2 is 2.14 bits per heavy atom. The summed E-state index contributed by atoms with van der Waals surface area (Å²) in [4.78, 5) is 22.8. The largest absolute Gasteiger partial charge is 0.481 e. The zero-order chi connectivity index (χ0) is 15.5. The van der Waals surface area contributed by atoms with E-state index in [0.717, 1.165) is 0 Å². The molecule has 7 nitrogen and oxygen atoms in total. The van der Waals surface area contributed by atoms with E-state index in [2.05, 4.69) is 10.5 Å². The molecule has 2 N–H and O–H groups in total. The summed E-state index contributed by atoms with van der Waals surface area (Å²) in [6, 6.07) is 4.86. The lowest BCUT2D eigenvalue weighted by atomic mass is 9.90. The molecule has 0 saturated heterocycles. The number of carboxylic acids is 1. The lowest BCUT2D eigenvalue weighted by Gasteiger charge is -2.18. The van der Waals surface area contributed by atoms with E-state index in [0.29, 0.717) is 17.9 Å². The number of carbonyl (C=O) groups excluding carboxylic acids is 1. The Balaban J connectivity index is 1.91. The smallest absolute Gasteiger partial charge is 0.309 e. The van der Waals surface area contributed by atoms with E-state index in [1.165, 1.54) is 12.3 Å². The van der Waals surface area contributed by atoms with Crippen molar-refractivity contribution < 1.29 is 23.6 Å². The molecule has 21 heavy (non-hydrogen) atoms. The van der Waals surface area contributed by atoms with Crippen molar-refractivity contribution >= 4 is 11.9 Å². The van der Waals surface area contributed by atoms with Gasteiger partial charge in [0.05, 0.1) is 11.7 Å². The van der Waals surface area contributed by atoms with E-state index in [4.69, 9.17) is 14.0 Å². The van der Waals surface area contributed by atoms with E-state index in [1.54, 1.807) is 26.0 Å². The van der Waals surface area contributed by atoms with Crippen molar-refractivity contribution in [3.05, 3.63) is 30.2 Å². The average Bonchev–Trinajstić information content (AvgIpc) is 3.09. The Labute approximate surface area is 120 Å². The number of nitrogens with zero attached hydrogens (tertiary/aromatic N) is 1. The monoisotopic (exact) mass is 292 g/mol. The number of aromatic nitrogens is 1. The van der Waals surface area contributed by atoms with Gasteiger partial charge in [-0.15, -0.1) is 0 Å². The molecule has 0 aliphatic heterocycles. The second-order valence-electron chi connectivity index (χ2n) is 5.25. The number of furan rings is 1. The van der Waals surface area contributed by atoms with Crippen molar-refractivity contribution in [2.45, 2.75) is 20.3 Å². The van der Waals surface area contributed by atoms with Crippen LogP contribution in [0.1, 0.15) is 30.8 Å². The number of carbonyl (C=O) groups is 2. The van der Waals surface area contributed by atoms with Crippen molar-refractivity contribution in [3.8, 4) is 11.5 Å². The van der Waals surface area contributed by atoms with Gasteiger partial charge in [-0.1, -0.05) is 5.16 Å². The topological polar surface area (TPSA) is 106 Å². The van der Waals surface area contributed by atoms with E-state index in [-0.39, 0.29) is 12.2 Å². The summed E-state index contributed by atoms with van der Waals surface area (Å²) in [6.45, 7) is 3.44. The van der Waals surface area contributed by atoms with Crippen LogP contribution in [0.2, 0.25) is 0 Å². The average molecular weight is 292 g/mol. The van der Waals surface area contributed by atoms with Crippen LogP contribution in [0.4, 0.5) is 0 Å². The first-order valence-corrected chi connectivity index (χ1v) is 6.42. The number of rotatable bonds is 6. The van der Waals surface area contributed by atoms with Crippen molar-refractivity contribution in [1.29, 1.82) is 0 Å². The molecule has 0 spiro atoms. The Hall–Kier alpha value is -2.57. The molecule has 0 aliphatic carbocycles. The minimum atomic E-state index is -0.904. The molecule has 2 rings (SSSR count). The fourth-order valence-electron chi connectivity index (χ4n) is 1.60. The Morgan fingerprint density at radius 3 is 2.76 bits per heavy atom. The van der Waals surface area contributed by atoms with E-state index in [1.807, 2.05) is 0 Å². The molecule has 0 bridgehead atoms. The number of aliphatic carboxylic acids is 1. The fraction of sp³-hybridized carbons (Fsp3) is 0.357. The molecule has 0 fully saturated rings. The zero-order valence-corrected chi connectivity index (χ0v) is 11.8. The summed E-state index contributed by atoms with van der Waals surface area (Å²) in [5.74, 6) is -0.486. The van der Waals surface area contributed by atoms with Crippen LogP contribution in [-0.2, 0) is 4.79 Å². The van der Waals surface area contributed by atoms with Gasteiger partial charge < -0.3 is 19.4 Å². The van der Waals surface area contributed by atoms with Crippen LogP contribution in [0.5, 0.6) is 0 Å². The van der Waals surface area contributed by atoms with Crippen LogP contribution in [0.3, 0.4) is 0 Å². The highest BCUT2D eigenvalue weighted by molar-refractivity contribution is 5.92. The Morgan fingerprint density at radius 1 is 1.38 bits per heavy atom. The summed E-state index contributed by atoms with van der Waals surface area (Å²) >= 11 is 0. The minimum absolute atomic E-state index is 0.120. The standard InChI is InChI=1S/C14H16N2O5/c1-14(2,13(18)19)5-6-15-12(17)9-8-11(21-16-9)10-4-3-7-20-10/h3-4,7-8H,5-6H2,1-2H3,(H,15,17)(H,18,19). The van der Waals surface area contributed by atoms with Crippen molar-refractivity contribution in [3.63, 3.8) is 0 Å². The summed E-state index contributed by atoms with van der Waals surface area (Å²) < 4.78 is 10.2. The molecule has 1 amide bonds. The first-order valence-electron chi connectivity index (χ1n) is 6.42. The third-order valence-electron chi connectivity index (χ3n) is 3.12. The van der Waals surface area contributed by atoms with Gasteiger partial charge in [0.2, 0.25) is 5.76 Å². The lowest BCUT2D eigenvalue weighted by Crippen LogP contribution is -2.32. The molecule has 2 aromatic heterocycles. The van der Waals surface area contributed by atoms with Crippen LogP contribution in [0, 0.1) is 5.41 Å². The highest BCUT2D eigenvalue weighted by atomic mass is 16.5. The van der Waals surface area contributed by atoms with Gasteiger partial charge in [0.1, 0.15) is 0 Å². The molecule has 0 aliphatic rings. The van der Waals surface area contributed by atoms with Crippen LogP contribution < -0.4 is 5.32 Å². The molecule has 112 valence electrons. The van der Waals surface area contributed by atoms with Gasteiger partial charge in [-0.05, 0) is 32.4 Å². The van der Waals surface area contributed by atoms with Crippen LogP contribution in [-0.4, -0.2) is 28.7 Å². The summed E-state index contributed by atoms with van der Waals surface area (Å²) in [5.41, 5.74) is -0.772. The highest BCUT2D eigenvalue weighted by Gasteiger charge is 2.26. The van der Waals surface area contributed by atoms with Crippen LogP contribution in [0.25, 0.3) is 11.5 Å². The summed E-state index contributed by atoms with van der Waals surface area (Å²) in [7, 11) is 0. The molecule has 2 aromatic rings. The van der Waals surface area contributed by atoms with Gasteiger partial charge in [-0.2, -0.15) is 0 Å². The van der Waals surface area contributed by atoms with Gasteiger partial charge in [0.25, 0.3) is 5.91 Å². The van der Waals surface area contributed by atoms with Crippen molar-refractivity contribution in [2.75, 3.05) is 6.54 Å². The lowest BCUT2D eigenvalue weighted by molar-refractivity contribution is -0.147. The predicted octanol–water partition coefficient (Wildman–Crippen LogP) is 2.17. The van der Waals surface area contributed by atoms with Crippen molar-refractivity contribution in [2.24, 2.45) is 5.41 Å². The quantitative estimate of drug-likeness (QED) is 0.845. The van der Waals surface area contributed by atoms with Gasteiger partial charge >= 0.3 is 5.97 Å². The second-order valence-corrected chi connectivity index (χ2v) is 5.25. The third-order valence-corrected chi connectivity index (χ3v) is 3.12. The maximum Gasteiger partial charge on any atom is 0.309 e. The van der Waals surface area contributed by atoms with Gasteiger partial charge in [-0.3, -0.25) is 9.59 Å². The Kier molecular flexibility index (Phi) is 4.11. The van der Waals surface area contributed by atoms with E-state index in [9.17, 15) is 9.59 Å². The third kappa shape index (κ3) is 3.50. The van der Waals surface area contributed by atoms with Crippen molar-refractivity contribution in [1.82, 2.24) is 10.5 Å². The SMILES string of the molecule is CC(C)(CCNC(=O)c1cc(-c2ccco2)on1)C(=O)O. The minimum Gasteiger partial charge on any atom is -0.481 e. The number of hydrogen-bond donors (Lipinski definition) is 2. The molecular formula is C14H16N2O5. The molecular weight excluding hydrogens is 276 g/mol. The van der Waals surface area contributed by atoms with Gasteiger partial charge in [-0.25, -0.2) is 0 Å². The number of hydrogen-bond acceptors (Lipinski definition) is 5. The first kappa shape index (κ1) is 14.8. The Bertz CT molecular complexity index is 628. The first-order chi connectivity index (χ1) is 9.90. The molecule has 0 saturated carbocycles. The maximum atomic E-state index is 11.9. The fourth-order valence-corrected chi connectivity index (χ4v) is 1.60. The molecule has 0 radical (unpaired) electrons. The summed E-state index contributed by atoms with van der Waals surface area (Å²) in [5, 5.41) is 15.3. The van der Waals surface area contributed by atoms with E-state index >= 15 is 0 Å². The number of amides is 1. The van der Waals surface area contributed by atoms with Crippen LogP contribution in [0.15, 0.2) is 33.4 Å². The molecule has 0 unspecified atom stereocenters. The summed E-state index contributed by atoms with van der Waals surface area (Å²) in [6.07, 6.45) is 1.81. The number of carboxylic acid groups (broad SMARTS) is 1. The molecule has 2 heterocycles.